The van der Waals surface area contributed by atoms with Gasteiger partial charge in [0, 0.05) is 18.3 Å². The van der Waals surface area contributed by atoms with Crippen LogP contribution in [-0.4, -0.2) is 50.9 Å². The summed E-state index contributed by atoms with van der Waals surface area (Å²) in [5.41, 5.74) is -0.553. The Bertz CT molecular complexity index is 1070. The normalized spacial score (nSPS) is 16.1. The highest BCUT2D eigenvalue weighted by atomic mass is 32.2. The molecule has 38 heavy (non-hydrogen) atoms. The molecule has 1 aliphatic carbocycles. The van der Waals surface area contributed by atoms with Crippen molar-refractivity contribution >= 4 is 27.7 Å². The highest BCUT2D eigenvalue weighted by Gasteiger charge is 2.33. The number of carbonyl (C=O) groups excluding carboxylic acids is 2. The predicted molar refractivity (Wildman–Crippen MR) is 136 cm³/mol. The van der Waals surface area contributed by atoms with Crippen molar-refractivity contribution in [2.24, 2.45) is 5.92 Å². The number of benzene rings is 1. The zero-order valence-corrected chi connectivity index (χ0v) is 23.2. The molecule has 1 saturated carbocycles. The minimum atomic E-state index is -4.52. The molecule has 0 unspecified atom stereocenters. The number of alkyl carbamates (subject to hydrolysis) is 1. The number of hydrogen-bond donors (Lipinski definition) is 3. The van der Waals surface area contributed by atoms with Crippen LogP contribution in [0.3, 0.4) is 0 Å². The van der Waals surface area contributed by atoms with E-state index in [0.29, 0.717) is 0 Å². The van der Waals surface area contributed by atoms with Crippen molar-refractivity contribution in [3.05, 3.63) is 18.2 Å². The van der Waals surface area contributed by atoms with E-state index in [-0.39, 0.29) is 22.3 Å². The topological polar surface area (TPSA) is 123 Å². The third-order valence-corrected chi connectivity index (χ3v) is 7.14. The molecule has 1 fully saturated rings. The minimum absolute atomic E-state index is 0.111. The lowest BCUT2D eigenvalue weighted by Gasteiger charge is -2.31. The van der Waals surface area contributed by atoms with Gasteiger partial charge >= 0.3 is 12.3 Å². The van der Waals surface area contributed by atoms with Crippen LogP contribution < -0.4 is 20.1 Å². The lowest BCUT2D eigenvalue weighted by Crippen LogP contribution is -2.50. The van der Waals surface area contributed by atoms with Gasteiger partial charge in [0.15, 0.2) is 0 Å². The fourth-order valence-corrected chi connectivity index (χ4v) is 5.22. The molecule has 216 valence electrons. The largest absolute Gasteiger partial charge is 0.490 e. The molecule has 0 radical (unpaired) electrons. The SMILES string of the molecule is CC(C)Oc1cc(NC(=O)[C@@H](NC(=O)OC(C)(C)C)C2CCCCC2)ccc1S(=O)(=O)NCCC(F)(F)F. The van der Waals surface area contributed by atoms with Crippen LogP contribution in [0.2, 0.25) is 0 Å². The highest BCUT2D eigenvalue weighted by Crippen LogP contribution is 2.31. The van der Waals surface area contributed by atoms with E-state index >= 15 is 0 Å². The van der Waals surface area contributed by atoms with Gasteiger partial charge in [-0.25, -0.2) is 17.9 Å². The monoisotopic (exact) mass is 565 g/mol. The van der Waals surface area contributed by atoms with Crippen molar-refractivity contribution in [1.82, 2.24) is 10.0 Å². The van der Waals surface area contributed by atoms with E-state index < -0.39 is 58.9 Å². The Morgan fingerprint density at radius 3 is 2.26 bits per heavy atom. The van der Waals surface area contributed by atoms with Crippen LogP contribution >= 0.6 is 0 Å². The molecule has 1 atom stereocenters. The molecule has 0 spiro atoms. The average Bonchev–Trinajstić information content (AvgIpc) is 2.75. The zero-order valence-electron chi connectivity index (χ0n) is 22.4. The molecular formula is C25H38F3N3O6S. The first-order valence-corrected chi connectivity index (χ1v) is 14.1. The van der Waals surface area contributed by atoms with E-state index in [1.54, 1.807) is 34.6 Å². The van der Waals surface area contributed by atoms with E-state index in [1.165, 1.54) is 12.1 Å². The summed E-state index contributed by atoms with van der Waals surface area (Å²) in [5, 5.41) is 5.39. The third-order valence-electron chi connectivity index (χ3n) is 5.64. The molecule has 13 heteroatoms. The Balaban J connectivity index is 2.27. The molecule has 1 aromatic carbocycles. The Hall–Kier alpha value is -2.54. The summed E-state index contributed by atoms with van der Waals surface area (Å²) in [6.07, 6.45) is -2.65. The smallest absolute Gasteiger partial charge is 0.408 e. The molecule has 2 rings (SSSR count). The molecule has 1 aliphatic rings. The Morgan fingerprint density at radius 2 is 1.71 bits per heavy atom. The number of sulfonamides is 1. The molecule has 1 aromatic rings. The first-order valence-electron chi connectivity index (χ1n) is 12.6. The number of amides is 2. The molecular weight excluding hydrogens is 527 g/mol. The summed E-state index contributed by atoms with van der Waals surface area (Å²) in [6.45, 7) is 7.63. The summed E-state index contributed by atoms with van der Waals surface area (Å²) >= 11 is 0. The van der Waals surface area contributed by atoms with Crippen molar-refractivity contribution < 1.29 is 40.7 Å². The van der Waals surface area contributed by atoms with Crippen molar-refractivity contribution in [3.63, 3.8) is 0 Å². The zero-order chi connectivity index (χ0) is 28.7. The van der Waals surface area contributed by atoms with Crippen LogP contribution in [0, 0.1) is 5.92 Å². The molecule has 0 aliphatic heterocycles. The fourth-order valence-electron chi connectivity index (χ4n) is 4.08. The standard InChI is InChI=1S/C25H38F3N3O6S/c1-16(2)36-19-15-18(11-12-20(19)38(34,35)29-14-13-25(26,27)28)30-22(32)21(17-9-7-6-8-10-17)31-23(33)37-24(3,4)5/h11-12,15-17,21,29H,6-10,13-14H2,1-5H3,(H,30,32)(H,31,33)/t21-/m0/s1. The van der Waals surface area contributed by atoms with Gasteiger partial charge in [0.2, 0.25) is 15.9 Å². The summed E-state index contributed by atoms with van der Waals surface area (Å²) in [4.78, 5) is 25.4. The van der Waals surface area contributed by atoms with E-state index in [9.17, 15) is 31.2 Å². The maximum atomic E-state index is 13.3. The van der Waals surface area contributed by atoms with Gasteiger partial charge in [0.05, 0.1) is 12.5 Å². The number of anilines is 1. The second-order valence-electron chi connectivity index (χ2n) is 10.6. The number of nitrogens with one attached hydrogen (secondary N) is 3. The van der Waals surface area contributed by atoms with Gasteiger partial charge in [-0.3, -0.25) is 4.79 Å². The summed E-state index contributed by atoms with van der Waals surface area (Å²) in [7, 11) is -4.33. The predicted octanol–water partition coefficient (Wildman–Crippen LogP) is 5.12. The Morgan fingerprint density at radius 1 is 1.08 bits per heavy atom. The van der Waals surface area contributed by atoms with Crippen molar-refractivity contribution in [2.75, 3.05) is 11.9 Å². The summed E-state index contributed by atoms with van der Waals surface area (Å²) < 4.78 is 75.7. The minimum Gasteiger partial charge on any atom is -0.490 e. The number of ether oxygens (including phenoxy) is 2. The molecule has 9 nitrogen and oxygen atoms in total. The van der Waals surface area contributed by atoms with E-state index in [0.717, 1.165) is 38.2 Å². The number of hydrogen-bond acceptors (Lipinski definition) is 6. The van der Waals surface area contributed by atoms with Crippen LogP contribution in [0.4, 0.5) is 23.7 Å². The van der Waals surface area contributed by atoms with Gasteiger partial charge < -0.3 is 20.1 Å². The van der Waals surface area contributed by atoms with Gasteiger partial charge in [-0.15, -0.1) is 0 Å². The highest BCUT2D eigenvalue weighted by molar-refractivity contribution is 7.89. The van der Waals surface area contributed by atoms with Crippen molar-refractivity contribution in [2.45, 2.75) is 102 Å². The first-order chi connectivity index (χ1) is 17.5. The van der Waals surface area contributed by atoms with E-state index in [2.05, 4.69) is 10.6 Å². The number of rotatable bonds is 10. The first kappa shape index (κ1) is 31.7. The van der Waals surface area contributed by atoms with Crippen molar-refractivity contribution in [1.29, 1.82) is 0 Å². The summed E-state index contributed by atoms with van der Waals surface area (Å²) in [6, 6.07) is 2.88. The Labute approximate surface area is 222 Å². The second kappa shape index (κ2) is 13.0. The lowest BCUT2D eigenvalue weighted by molar-refractivity contribution is -0.132. The fraction of sp³-hybridized carbons (Fsp3) is 0.680. The van der Waals surface area contributed by atoms with Crippen LogP contribution in [0.5, 0.6) is 5.75 Å². The number of halogens is 3. The molecule has 2 amide bonds. The second-order valence-corrected chi connectivity index (χ2v) is 12.3. The molecule has 0 aromatic heterocycles. The number of carbonyl (C=O) groups is 2. The van der Waals surface area contributed by atoms with Gasteiger partial charge in [-0.2, -0.15) is 13.2 Å². The molecule has 3 N–H and O–H groups in total. The third kappa shape index (κ3) is 10.7. The van der Waals surface area contributed by atoms with Crippen LogP contribution in [-0.2, 0) is 19.6 Å². The Kier molecular flexibility index (Phi) is 10.8. The molecule has 0 saturated heterocycles. The maximum absolute atomic E-state index is 13.3. The molecule has 0 heterocycles. The van der Waals surface area contributed by atoms with E-state index in [1.807, 2.05) is 4.72 Å². The quantitative estimate of drug-likeness (QED) is 0.362. The van der Waals surface area contributed by atoms with Crippen molar-refractivity contribution in [3.8, 4) is 5.75 Å². The van der Waals surface area contributed by atoms with Gasteiger partial charge in [-0.1, -0.05) is 19.3 Å². The van der Waals surface area contributed by atoms with Gasteiger partial charge in [-0.05, 0) is 65.5 Å². The average molecular weight is 566 g/mol. The van der Waals surface area contributed by atoms with Crippen LogP contribution in [0.15, 0.2) is 23.1 Å². The van der Waals surface area contributed by atoms with Crippen LogP contribution in [0.1, 0.15) is 73.1 Å². The lowest BCUT2D eigenvalue weighted by atomic mass is 9.83. The number of alkyl halides is 3. The van der Waals surface area contributed by atoms with E-state index in [4.69, 9.17) is 9.47 Å². The summed E-state index contributed by atoms with van der Waals surface area (Å²) in [5.74, 6) is -0.746. The molecule has 0 bridgehead atoms. The maximum Gasteiger partial charge on any atom is 0.408 e. The van der Waals surface area contributed by atoms with Crippen LogP contribution in [0.25, 0.3) is 0 Å². The van der Waals surface area contributed by atoms with Gasteiger partial charge in [0.1, 0.15) is 22.3 Å². The van der Waals surface area contributed by atoms with Gasteiger partial charge in [0.25, 0.3) is 0 Å².